The molecule has 1 aliphatic heterocycles. The van der Waals surface area contributed by atoms with Gasteiger partial charge in [-0.25, -0.2) is 15.0 Å². The average Bonchev–Trinajstić information content (AvgIpc) is 3.36. The van der Waals surface area contributed by atoms with Crippen molar-refractivity contribution in [1.82, 2.24) is 19.9 Å². The fourth-order valence-corrected chi connectivity index (χ4v) is 5.29. The molecule has 35 heavy (non-hydrogen) atoms. The van der Waals surface area contributed by atoms with Crippen LogP contribution in [-0.2, 0) is 0 Å². The van der Waals surface area contributed by atoms with Gasteiger partial charge in [0.15, 0.2) is 0 Å². The molecule has 4 heterocycles. The Morgan fingerprint density at radius 2 is 1.71 bits per heavy atom. The number of benzene rings is 1. The van der Waals surface area contributed by atoms with Crippen molar-refractivity contribution < 1.29 is 0 Å². The van der Waals surface area contributed by atoms with Crippen molar-refractivity contribution in [3.8, 4) is 21.0 Å². The maximum absolute atomic E-state index is 4.86. The van der Waals surface area contributed by atoms with E-state index in [0.29, 0.717) is 11.9 Å². The Labute approximate surface area is 211 Å². The lowest BCUT2D eigenvalue weighted by molar-refractivity contribution is 0.312. The first kappa shape index (κ1) is 23.5. The maximum Gasteiger partial charge on any atom is 0.227 e. The second kappa shape index (κ2) is 10.1. The van der Waals surface area contributed by atoms with Crippen LogP contribution in [0.25, 0.3) is 21.0 Å². The van der Waals surface area contributed by atoms with Crippen molar-refractivity contribution in [2.24, 2.45) is 0 Å². The standard InChI is InChI=1S/C28H32N6S/c1-19(2)21-6-5-7-22(16-21)24-9-10-25(35-24)27-20(3)17-30-28(32-27)31-23-8-11-26(29-18-23)34-14-12-33(4)13-15-34/h5-11,16-19H,12-15H2,1-4H3,(H,30,31,32). The lowest BCUT2D eigenvalue weighted by atomic mass is 10.0. The Morgan fingerprint density at radius 1 is 0.914 bits per heavy atom. The van der Waals surface area contributed by atoms with Crippen LogP contribution in [0.4, 0.5) is 17.5 Å². The molecular weight excluding hydrogens is 452 g/mol. The topological polar surface area (TPSA) is 57.2 Å². The summed E-state index contributed by atoms with van der Waals surface area (Å²) >= 11 is 1.77. The van der Waals surface area contributed by atoms with Crippen LogP contribution in [-0.4, -0.2) is 53.1 Å². The maximum atomic E-state index is 4.86. The van der Waals surface area contributed by atoms with E-state index >= 15 is 0 Å². The smallest absolute Gasteiger partial charge is 0.227 e. The lowest BCUT2D eigenvalue weighted by Gasteiger charge is -2.33. The third-order valence-corrected chi connectivity index (χ3v) is 7.62. The van der Waals surface area contributed by atoms with E-state index in [4.69, 9.17) is 4.98 Å². The first-order valence-electron chi connectivity index (χ1n) is 12.2. The van der Waals surface area contributed by atoms with Crippen LogP contribution in [0.5, 0.6) is 0 Å². The van der Waals surface area contributed by atoms with Gasteiger partial charge in [-0.3, -0.25) is 0 Å². The zero-order valence-electron chi connectivity index (χ0n) is 20.8. The van der Waals surface area contributed by atoms with Crippen molar-refractivity contribution >= 4 is 28.8 Å². The van der Waals surface area contributed by atoms with Crippen LogP contribution >= 0.6 is 11.3 Å². The molecule has 1 aromatic carbocycles. The summed E-state index contributed by atoms with van der Waals surface area (Å²) in [6, 6.07) is 17.3. The molecule has 1 fully saturated rings. The number of likely N-dealkylation sites (N-methyl/N-ethyl adjacent to an activating group) is 1. The Bertz CT molecular complexity index is 1290. The van der Waals surface area contributed by atoms with Gasteiger partial charge >= 0.3 is 0 Å². The SMILES string of the molecule is Cc1cnc(Nc2ccc(N3CCN(C)CC3)nc2)nc1-c1ccc(-c2cccc(C(C)C)c2)s1. The molecule has 1 saturated heterocycles. The summed E-state index contributed by atoms with van der Waals surface area (Å²) in [4.78, 5) is 21.1. The van der Waals surface area contributed by atoms with E-state index in [1.54, 1.807) is 11.3 Å². The number of rotatable bonds is 6. The van der Waals surface area contributed by atoms with Crippen molar-refractivity contribution in [3.63, 3.8) is 0 Å². The monoisotopic (exact) mass is 484 g/mol. The number of hydrogen-bond donors (Lipinski definition) is 1. The molecule has 0 unspecified atom stereocenters. The predicted octanol–water partition coefficient (Wildman–Crippen LogP) is 6.19. The van der Waals surface area contributed by atoms with Gasteiger partial charge in [0.05, 0.1) is 22.5 Å². The number of aryl methyl sites for hydroxylation is 1. The normalized spacial score (nSPS) is 14.5. The van der Waals surface area contributed by atoms with Crippen LogP contribution in [0, 0.1) is 6.92 Å². The molecule has 3 aromatic heterocycles. The first-order valence-corrected chi connectivity index (χ1v) is 13.0. The molecule has 1 N–H and O–H groups in total. The van der Waals surface area contributed by atoms with E-state index in [2.05, 4.69) is 101 Å². The van der Waals surface area contributed by atoms with Gasteiger partial charge in [-0.1, -0.05) is 38.1 Å². The number of nitrogens with one attached hydrogen (secondary N) is 1. The molecule has 0 spiro atoms. The van der Waals surface area contributed by atoms with Gasteiger partial charge in [0.1, 0.15) is 5.82 Å². The van der Waals surface area contributed by atoms with Crippen molar-refractivity contribution in [1.29, 1.82) is 0 Å². The molecule has 5 rings (SSSR count). The van der Waals surface area contributed by atoms with Crippen LogP contribution in [0.2, 0.25) is 0 Å². The third-order valence-electron chi connectivity index (χ3n) is 6.48. The molecule has 180 valence electrons. The van der Waals surface area contributed by atoms with E-state index in [0.717, 1.165) is 53.8 Å². The number of nitrogens with zero attached hydrogens (tertiary/aromatic N) is 5. The van der Waals surface area contributed by atoms with Crippen LogP contribution < -0.4 is 10.2 Å². The molecule has 7 heteroatoms. The number of thiophene rings is 1. The first-order chi connectivity index (χ1) is 17.0. The zero-order valence-corrected chi connectivity index (χ0v) is 21.6. The molecule has 1 aliphatic rings. The van der Waals surface area contributed by atoms with Gasteiger partial charge < -0.3 is 15.1 Å². The van der Waals surface area contributed by atoms with E-state index < -0.39 is 0 Å². The molecule has 0 radical (unpaired) electrons. The summed E-state index contributed by atoms with van der Waals surface area (Å²) in [6.07, 6.45) is 3.75. The second-order valence-electron chi connectivity index (χ2n) is 9.49. The quantitative estimate of drug-likeness (QED) is 0.352. The number of pyridine rings is 1. The fourth-order valence-electron chi connectivity index (χ4n) is 4.23. The van der Waals surface area contributed by atoms with Gasteiger partial charge in [-0.15, -0.1) is 11.3 Å². The van der Waals surface area contributed by atoms with E-state index in [9.17, 15) is 0 Å². The molecule has 0 amide bonds. The number of hydrogen-bond acceptors (Lipinski definition) is 7. The van der Waals surface area contributed by atoms with Crippen molar-refractivity contribution in [3.05, 3.63) is 72.1 Å². The summed E-state index contributed by atoms with van der Waals surface area (Å²) in [5.74, 6) is 2.11. The van der Waals surface area contributed by atoms with E-state index in [1.807, 2.05) is 12.4 Å². The summed E-state index contributed by atoms with van der Waals surface area (Å²) in [5.41, 5.74) is 5.51. The van der Waals surface area contributed by atoms with Crippen LogP contribution in [0.1, 0.15) is 30.9 Å². The summed E-state index contributed by atoms with van der Waals surface area (Å²) in [7, 11) is 2.16. The molecule has 0 bridgehead atoms. The largest absolute Gasteiger partial charge is 0.354 e. The highest BCUT2D eigenvalue weighted by molar-refractivity contribution is 7.18. The summed E-state index contributed by atoms with van der Waals surface area (Å²) in [6.45, 7) is 10.7. The molecule has 0 saturated carbocycles. The molecular formula is C28H32N6S. The second-order valence-corrected chi connectivity index (χ2v) is 10.6. The van der Waals surface area contributed by atoms with Gasteiger partial charge in [0.2, 0.25) is 5.95 Å². The third kappa shape index (κ3) is 5.36. The Balaban J connectivity index is 1.33. The van der Waals surface area contributed by atoms with Gasteiger partial charge in [-0.2, -0.15) is 0 Å². The Morgan fingerprint density at radius 3 is 2.46 bits per heavy atom. The van der Waals surface area contributed by atoms with Crippen molar-refractivity contribution in [2.45, 2.75) is 26.7 Å². The summed E-state index contributed by atoms with van der Waals surface area (Å²) in [5, 5.41) is 3.33. The van der Waals surface area contributed by atoms with Crippen LogP contribution in [0.15, 0.2) is 60.9 Å². The molecule has 4 aromatic rings. The molecule has 6 nitrogen and oxygen atoms in total. The zero-order chi connectivity index (χ0) is 24.4. The minimum atomic E-state index is 0.511. The van der Waals surface area contributed by atoms with Gasteiger partial charge in [0, 0.05) is 37.3 Å². The minimum Gasteiger partial charge on any atom is -0.354 e. The fraction of sp³-hybridized carbons (Fsp3) is 0.321. The van der Waals surface area contributed by atoms with Gasteiger partial charge in [-0.05, 0) is 60.8 Å². The number of aromatic nitrogens is 3. The van der Waals surface area contributed by atoms with E-state index in [1.165, 1.54) is 16.0 Å². The van der Waals surface area contributed by atoms with Gasteiger partial charge in [0.25, 0.3) is 0 Å². The van der Waals surface area contributed by atoms with Crippen molar-refractivity contribution in [2.75, 3.05) is 43.4 Å². The van der Waals surface area contributed by atoms with E-state index in [-0.39, 0.29) is 0 Å². The average molecular weight is 485 g/mol. The highest BCUT2D eigenvalue weighted by Crippen LogP contribution is 2.36. The summed E-state index contributed by atoms with van der Waals surface area (Å²) < 4.78 is 0. The predicted molar refractivity (Wildman–Crippen MR) is 147 cm³/mol. The Hall–Kier alpha value is -3.29. The number of piperazine rings is 1. The lowest BCUT2D eigenvalue weighted by Crippen LogP contribution is -2.44. The van der Waals surface area contributed by atoms with Crippen LogP contribution in [0.3, 0.4) is 0 Å². The Kier molecular flexibility index (Phi) is 6.79. The molecule has 0 atom stereocenters. The molecule has 0 aliphatic carbocycles. The highest BCUT2D eigenvalue weighted by atomic mass is 32.1. The minimum absolute atomic E-state index is 0.511. The highest BCUT2D eigenvalue weighted by Gasteiger charge is 2.15. The number of anilines is 3.